The van der Waals surface area contributed by atoms with Crippen LogP contribution in [0.15, 0.2) is 29.3 Å². The van der Waals surface area contributed by atoms with E-state index in [1.54, 1.807) is 12.3 Å². The van der Waals surface area contributed by atoms with Gasteiger partial charge in [0.15, 0.2) is 3.95 Å². The molecular weight excluding hydrogens is 356 g/mol. The summed E-state index contributed by atoms with van der Waals surface area (Å²) in [6, 6.07) is 6.88. The maximum atomic E-state index is 11.6. The van der Waals surface area contributed by atoms with Crippen LogP contribution in [0.5, 0.6) is 5.88 Å². The Balaban J connectivity index is 2.01. The second-order valence-electron chi connectivity index (χ2n) is 5.80. The molecule has 0 bridgehead atoms. The predicted molar refractivity (Wildman–Crippen MR) is 103 cm³/mol. The number of allylic oxidation sites excluding steroid dienone is 1. The molecule has 0 fully saturated rings. The molecule has 1 atom stereocenters. The highest BCUT2D eigenvalue weighted by molar-refractivity contribution is 7.73. The molecule has 1 aromatic carbocycles. The number of thiazole rings is 1. The van der Waals surface area contributed by atoms with Gasteiger partial charge in [-0.15, -0.1) is 11.3 Å². The van der Waals surface area contributed by atoms with Gasteiger partial charge in [-0.25, -0.2) is 4.79 Å². The minimum Gasteiger partial charge on any atom is -0.493 e. The lowest BCUT2D eigenvalue weighted by Crippen LogP contribution is -2.18. The summed E-state index contributed by atoms with van der Waals surface area (Å²) >= 11 is 6.53. The first-order chi connectivity index (χ1) is 12.0. The highest BCUT2D eigenvalue weighted by Gasteiger charge is 2.25. The van der Waals surface area contributed by atoms with E-state index in [-0.39, 0.29) is 5.88 Å². The lowest BCUT2D eigenvalue weighted by molar-refractivity contribution is -0.141. The molecular formula is C18H18N2O3S2. The number of rotatable bonds is 6. The van der Waals surface area contributed by atoms with Crippen molar-refractivity contribution in [2.75, 3.05) is 0 Å². The van der Waals surface area contributed by atoms with E-state index in [1.807, 2.05) is 31.2 Å². The quantitative estimate of drug-likeness (QED) is 0.693. The van der Waals surface area contributed by atoms with E-state index in [0.717, 1.165) is 29.7 Å². The van der Waals surface area contributed by atoms with E-state index in [4.69, 9.17) is 12.2 Å². The van der Waals surface area contributed by atoms with Crippen LogP contribution in [0.25, 0.3) is 11.6 Å². The number of hydrogen-bond acceptors (Lipinski definition) is 5. The summed E-state index contributed by atoms with van der Waals surface area (Å²) in [6.45, 7) is 2.00. The molecule has 1 aliphatic heterocycles. The SMILES string of the molecule is CCCCC(C(=O)O)n1c(O)c(/C=C2\C=Nc3ccccc32)sc1=S. The van der Waals surface area contributed by atoms with Gasteiger partial charge in [-0.3, -0.25) is 9.56 Å². The van der Waals surface area contributed by atoms with Crippen LogP contribution in [0, 0.1) is 3.95 Å². The van der Waals surface area contributed by atoms with Gasteiger partial charge in [-0.05, 0) is 30.8 Å². The van der Waals surface area contributed by atoms with Crippen molar-refractivity contribution in [1.29, 1.82) is 0 Å². The number of aromatic hydroxyl groups is 1. The van der Waals surface area contributed by atoms with Crippen molar-refractivity contribution in [3.63, 3.8) is 0 Å². The molecule has 130 valence electrons. The number of benzene rings is 1. The molecule has 7 heteroatoms. The zero-order chi connectivity index (χ0) is 18.0. The van der Waals surface area contributed by atoms with Crippen molar-refractivity contribution in [2.24, 2.45) is 4.99 Å². The standard InChI is InChI=1S/C18H18N2O3S2/c1-2-3-8-14(17(22)23)20-16(21)15(25-18(20)24)9-11-10-19-13-7-5-4-6-12(11)13/h4-7,9-10,14,21H,2-3,8H2,1H3,(H,22,23)/b11-9+. The van der Waals surface area contributed by atoms with E-state index in [9.17, 15) is 15.0 Å². The smallest absolute Gasteiger partial charge is 0.326 e. The molecule has 1 unspecified atom stereocenters. The minimum atomic E-state index is -0.982. The number of aliphatic imine (C=N–C) groups is 1. The fourth-order valence-corrected chi connectivity index (χ4v) is 4.18. The molecule has 2 aromatic rings. The third kappa shape index (κ3) is 3.43. The van der Waals surface area contributed by atoms with E-state index < -0.39 is 12.0 Å². The van der Waals surface area contributed by atoms with Gasteiger partial charge in [0.25, 0.3) is 0 Å². The Morgan fingerprint density at radius 2 is 2.20 bits per heavy atom. The normalized spacial score (nSPS) is 15.5. The number of carbonyl (C=O) groups is 1. The van der Waals surface area contributed by atoms with Crippen LogP contribution >= 0.6 is 23.6 Å². The maximum Gasteiger partial charge on any atom is 0.326 e. The molecule has 0 saturated carbocycles. The highest BCUT2D eigenvalue weighted by atomic mass is 32.1. The second-order valence-corrected chi connectivity index (χ2v) is 7.47. The Hall–Kier alpha value is -2.25. The van der Waals surface area contributed by atoms with Crippen molar-refractivity contribution >= 4 is 53.1 Å². The molecule has 1 aromatic heterocycles. The van der Waals surface area contributed by atoms with Gasteiger partial charge in [-0.2, -0.15) is 0 Å². The summed E-state index contributed by atoms with van der Waals surface area (Å²) < 4.78 is 1.71. The minimum absolute atomic E-state index is 0.0937. The summed E-state index contributed by atoms with van der Waals surface area (Å²) in [5, 5.41) is 20.1. The molecule has 2 heterocycles. The van der Waals surface area contributed by atoms with Crippen molar-refractivity contribution in [3.8, 4) is 5.88 Å². The van der Waals surface area contributed by atoms with Gasteiger partial charge < -0.3 is 10.2 Å². The van der Waals surface area contributed by atoms with E-state index in [2.05, 4.69) is 4.99 Å². The van der Waals surface area contributed by atoms with Crippen molar-refractivity contribution < 1.29 is 15.0 Å². The summed E-state index contributed by atoms with van der Waals surface area (Å²) in [5.41, 5.74) is 2.73. The largest absolute Gasteiger partial charge is 0.493 e. The first-order valence-corrected chi connectivity index (χ1v) is 9.27. The molecule has 0 radical (unpaired) electrons. The molecule has 0 saturated heterocycles. The topological polar surface area (TPSA) is 74.8 Å². The number of carboxylic acids is 1. The van der Waals surface area contributed by atoms with Gasteiger partial charge in [-0.1, -0.05) is 38.0 Å². The fourth-order valence-electron chi connectivity index (χ4n) is 2.82. The predicted octanol–water partition coefficient (Wildman–Crippen LogP) is 5.06. The molecule has 5 nitrogen and oxygen atoms in total. The molecule has 0 aliphatic carbocycles. The van der Waals surface area contributed by atoms with Crippen molar-refractivity contribution in [2.45, 2.75) is 32.2 Å². The third-order valence-electron chi connectivity index (χ3n) is 4.11. The van der Waals surface area contributed by atoms with Crippen LogP contribution in [-0.4, -0.2) is 27.0 Å². The van der Waals surface area contributed by atoms with Crippen molar-refractivity contribution in [1.82, 2.24) is 4.57 Å². The second kappa shape index (κ2) is 7.33. The van der Waals surface area contributed by atoms with Gasteiger partial charge in [0.05, 0.1) is 10.6 Å². The molecule has 0 amide bonds. The van der Waals surface area contributed by atoms with Crippen LogP contribution in [0.4, 0.5) is 5.69 Å². The number of aromatic nitrogens is 1. The Labute approximate surface area is 154 Å². The molecule has 1 aliphatic rings. The zero-order valence-corrected chi connectivity index (χ0v) is 15.3. The lowest BCUT2D eigenvalue weighted by atomic mass is 10.1. The fraction of sp³-hybridized carbons (Fsp3) is 0.278. The highest BCUT2D eigenvalue weighted by Crippen LogP contribution is 2.37. The number of aliphatic carboxylic acids is 1. The van der Waals surface area contributed by atoms with E-state index in [0.29, 0.717) is 15.3 Å². The lowest BCUT2D eigenvalue weighted by Gasteiger charge is -2.14. The number of unbranched alkanes of at least 4 members (excludes halogenated alkanes) is 1. The van der Waals surface area contributed by atoms with Crippen LogP contribution in [0.2, 0.25) is 0 Å². The molecule has 25 heavy (non-hydrogen) atoms. The van der Waals surface area contributed by atoms with Gasteiger partial charge in [0.2, 0.25) is 5.88 Å². The number of nitrogens with zero attached hydrogens (tertiary/aromatic N) is 2. The van der Waals surface area contributed by atoms with Crippen LogP contribution in [0.3, 0.4) is 0 Å². The summed E-state index contributed by atoms with van der Waals surface area (Å²) in [6.07, 6.45) is 5.62. The summed E-state index contributed by atoms with van der Waals surface area (Å²) in [7, 11) is 0. The maximum absolute atomic E-state index is 11.6. The third-order valence-corrected chi connectivity index (χ3v) is 5.45. The van der Waals surface area contributed by atoms with Crippen LogP contribution in [0.1, 0.15) is 42.7 Å². The molecule has 3 rings (SSSR count). The Kier molecular flexibility index (Phi) is 5.15. The van der Waals surface area contributed by atoms with Gasteiger partial charge >= 0.3 is 5.97 Å². The monoisotopic (exact) mass is 374 g/mol. The van der Waals surface area contributed by atoms with Crippen LogP contribution < -0.4 is 0 Å². The zero-order valence-electron chi connectivity index (χ0n) is 13.7. The number of carboxylic acid groups (broad SMARTS) is 1. The van der Waals surface area contributed by atoms with E-state index >= 15 is 0 Å². The average molecular weight is 374 g/mol. The van der Waals surface area contributed by atoms with Crippen LogP contribution in [-0.2, 0) is 4.79 Å². The Morgan fingerprint density at radius 1 is 1.44 bits per heavy atom. The Bertz CT molecular complexity index is 925. The van der Waals surface area contributed by atoms with Gasteiger partial charge in [0.1, 0.15) is 6.04 Å². The van der Waals surface area contributed by atoms with Crippen molar-refractivity contribution in [3.05, 3.63) is 38.7 Å². The average Bonchev–Trinajstić information content (AvgIpc) is 3.11. The Morgan fingerprint density at radius 3 is 2.92 bits per heavy atom. The number of hydrogen-bond donors (Lipinski definition) is 2. The number of para-hydroxylation sites is 1. The molecule has 0 spiro atoms. The first-order valence-electron chi connectivity index (χ1n) is 8.05. The van der Waals surface area contributed by atoms with E-state index in [1.165, 1.54) is 15.9 Å². The summed E-state index contributed by atoms with van der Waals surface area (Å²) in [5.74, 6) is -1.08. The first kappa shape index (κ1) is 17.6. The molecule has 2 N–H and O–H groups in total. The van der Waals surface area contributed by atoms with Gasteiger partial charge in [0, 0.05) is 17.4 Å². The summed E-state index contributed by atoms with van der Waals surface area (Å²) in [4.78, 5) is 16.5. The number of fused-ring (bicyclic) bond motifs is 1.